The fourth-order valence-electron chi connectivity index (χ4n) is 2.28. The van der Waals surface area contributed by atoms with E-state index in [4.69, 9.17) is 0 Å². The van der Waals surface area contributed by atoms with Crippen molar-refractivity contribution in [2.45, 2.75) is 41.5 Å². The first-order chi connectivity index (χ1) is 6.75. The van der Waals surface area contributed by atoms with Crippen LogP contribution in [0.25, 0.3) is 0 Å². The van der Waals surface area contributed by atoms with Crippen molar-refractivity contribution in [1.29, 1.82) is 0 Å². The van der Waals surface area contributed by atoms with Gasteiger partial charge >= 0.3 is 0 Å². The minimum Gasteiger partial charge on any atom is -0.355 e. The standard InChI is InChI=1S/C12H23NO2/c1-8(2)12(9(3)4,10(5)14)7-13-11(6)15/h8-9H,7H2,1-6H3,(H,13,15). The summed E-state index contributed by atoms with van der Waals surface area (Å²) in [5, 5.41) is 2.77. The van der Waals surface area contributed by atoms with Gasteiger partial charge in [0.1, 0.15) is 5.78 Å². The summed E-state index contributed by atoms with van der Waals surface area (Å²) < 4.78 is 0. The Hall–Kier alpha value is -0.860. The number of ketones is 1. The number of carbonyl (C=O) groups is 2. The van der Waals surface area contributed by atoms with Gasteiger partial charge in [0.25, 0.3) is 0 Å². The quantitative estimate of drug-likeness (QED) is 0.759. The van der Waals surface area contributed by atoms with E-state index in [1.165, 1.54) is 6.92 Å². The van der Waals surface area contributed by atoms with Crippen molar-refractivity contribution >= 4 is 11.7 Å². The van der Waals surface area contributed by atoms with Gasteiger partial charge in [-0.1, -0.05) is 27.7 Å². The zero-order valence-electron chi connectivity index (χ0n) is 10.7. The van der Waals surface area contributed by atoms with Crippen LogP contribution in [0.2, 0.25) is 0 Å². The summed E-state index contributed by atoms with van der Waals surface area (Å²) in [6.45, 7) is 11.7. The van der Waals surface area contributed by atoms with E-state index in [1.807, 2.05) is 27.7 Å². The molecule has 0 bridgehead atoms. The summed E-state index contributed by atoms with van der Waals surface area (Å²) in [4.78, 5) is 22.7. The van der Waals surface area contributed by atoms with E-state index >= 15 is 0 Å². The van der Waals surface area contributed by atoms with Crippen LogP contribution in [0.1, 0.15) is 41.5 Å². The number of nitrogens with one attached hydrogen (secondary N) is 1. The molecule has 0 aromatic heterocycles. The monoisotopic (exact) mass is 213 g/mol. The Morgan fingerprint density at radius 3 is 1.67 bits per heavy atom. The first-order valence-corrected chi connectivity index (χ1v) is 5.50. The molecule has 3 nitrogen and oxygen atoms in total. The molecule has 1 N–H and O–H groups in total. The summed E-state index contributed by atoms with van der Waals surface area (Å²) in [5.74, 6) is 0.520. The van der Waals surface area contributed by atoms with Gasteiger partial charge in [-0.05, 0) is 18.8 Å². The molecule has 0 radical (unpaired) electrons. The predicted molar refractivity (Wildman–Crippen MR) is 61.5 cm³/mol. The Labute approximate surface area is 92.6 Å². The first-order valence-electron chi connectivity index (χ1n) is 5.50. The molecule has 0 aromatic rings. The lowest BCUT2D eigenvalue weighted by Crippen LogP contribution is -2.48. The minimum absolute atomic E-state index is 0.0816. The van der Waals surface area contributed by atoms with Gasteiger partial charge in [0.05, 0.1) is 5.41 Å². The Kier molecular flexibility index (Phi) is 4.98. The van der Waals surface area contributed by atoms with E-state index in [9.17, 15) is 9.59 Å². The van der Waals surface area contributed by atoms with Gasteiger partial charge in [-0.3, -0.25) is 9.59 Å². The maximum Gasteiger partial charge on any atom is 0.216 e. The molecule has 0 aliphatic heterocycles. The highest BCUT2D eigenvalue weighted by Crippen LogP contribution is 2.36. The second-order valence-electron chi connectivity index (χ2n) is 4.82. The van der Waals surface area contributed by atoms with Gasteiger partial charge in [0.15, 0.2) is 0 Å². The topological polar surface area (TPSA) is 46.2 Å². The smallest absolute Gasteiger partial charge is 0.216 e. The second kappa shape index (κ2) is 5.29. The third-order valence-corrected chi connectivity index (χ3v) is 3.35. The van der Waals surface area contributed by atoms with Crippen molar-refractivity contribution < 1.29 is 9.59 Å². The van der Waals surface area contributed by atoms with Crippen LogP contribution in [0.5, 0.6) is 0 Å². The molecule has 88 valence electrons. The number of Topliss-reactive ketones (excluding diaryl/α,β-unsaturated/α-hetero) is 1. The largest absolute Gasteiger partial charge is 0.355 e. The van der Waals surface area contributed by atoms with Crippen LogP contribution in [0, 0.1) is 17.3 Å². The SMILES string of the molecule is CC(=O)NCC(C(C)=O)(C(C)C)C(C)C. The number of hydrogen-bond acceptors (Lipinski definition) is 2. The molecule has 0 saturated carbocycles. The van der Waals surface area contributed by atoms with Crippen molar-refractivity contribution in [2.75, 3.05) is 6.54 Å². The van der Waals surface area contributed by atoms with Crippen LogP contribution in [0.3, 0.4) is 0 Å². The minimum atomic E-state index is -0.439. The molecule has 0 saturated heterocycles. The van der Waals surface area contributed by atoms with E-state index in [0.29, 0.717) is 6.54 Å². The van der Waals surface area contributed by atoms with Gasteiger partial charge in [0.2, 0.25) is 5.91 Å². The average molecular weight is 213 g/mol. The molecular formula is C12H23NO2. The molecule has 3 heteroatoms. The van der Waals surface area contributed by atoms with Gasteiger partial charge in [0, 0.05) is 13.5 Å². The number of rotatable bonds is 5. The van der Waals surface area contributed by atoms with Crippen LogP contribution in [-0.2, 0) is 9.59 Å². The zero-order valence-corrected chi connectivity index (χ0v) is 10.7. The third-order valence-electron chi connectivity index (χ3n) is 3.35. The first kappa shape index (κ1) is 14.1. The Morgan fingerprint density at radius 2 is 1.47 bits per heavy atom. The van der Waals surface area contributed by atoms with E-state index in [2.05, 4.69) is 5.32 Å². The van der Waals surface area contributed by atoms with Gasteiger partial charge in [-0.15, -0.1) is 0 Å². The summed E-state index contributed by atoms with van der Waals surface area (Å²) in [6, 6.07) is 0. The van der Waals surface area contributed by atoms with E-state index in [1.54, 1.807) is 6.92 Å². The van der Waals surface area contributed by atoms with E-state index in [-0.39, 0.29) is 23.5 Å². The second-order valence-corrected chi connectivity index (χ2v) is 4.82. The summed E-state index contributed by atoms with van der Waals surface area (Å²) in [6.07, 6.45) is 0. The molecule has 0 spiro atoms. The van der Waals surface area contributed by atoms with Crippen molar-refractivity contribution in [2.24, 2.45) is 17.3 Å². The molecular weight excluding hydrogens is 190 g/mol. The number of hydrogen-bond donors (Lipinski definition) is 1. The van der Waals surface area contributed by atoms with Crippen molar-refractivity contribution in [3.05, 3.63) is 0 Å². The van der Waals surface area contributed by atoms with E-state index in [0.717, 1.165) is 0 Å². The molecule has 0 fully saturated rings. The molecule has 0 unspecified atom stereocenters. The highest BCUT2D eigenvalue weighted by Gasteiger charge is 2.41. The van der Waals surface area contributed by atoms with E-state index < -0.39 is 5.41 Å². The summed E-state index contributed by atoms with van der Waals surface area (Å²) in [7, 11) is 0. The zero-order chi connectivity index (χ0) is 12.2. The van der Waals surface area contributed by atoms with Crippen molar-refractivity contribution in [3.63, 3.8) is 0 Å². The highest BCUT2D eigenvalue weighted by atomic mass is 16.1. The molecule has 0 aromatic carbocycles. The van der Waals surface area contributed by atoms with Crippen LogP contribution < -0.4 is 5.32 Å². The molecule has 15 heavy (non-hydrogen) atoms. The van der Waals surface area contributed by atoms with Crippen LogP contribution in [-0.4, -0.2) is 18.2 Å². The lowest BCUT2D eigenvalue weighted by Gasteiger charge is -2.39. The molecule has 0 aliphatic rings. The molecule has 0 heterocycles. The van der Waals surface area contributed by atoms with Crippen molar-refractivity contribution in [1.82, 2.24) is 5.32 Å². The summed E-state index contributed by atoms with van der Waals surface area (Å²) >= 11 is 0. The Balaban J connectivity index is 4.97. The normalized spacial score (nSPS) is 12.0. The Bertz CT molecular complexity index is 236. The fraction of sp³-hybridized carbons (Fsp3) is 0.833. The number of amides is 1. The molecule has 0 rings (SSSR count). The van der Waals surface area contributed by atoms with Crippen LogP contribution in [0.4, 0.5) is 0 Å². The number of carbonyl (C=O) groups excluding carboxylic acids is 2. The molecule has 0 aliphatic carbocycles. The third kappa shape index (κ3) is 3.05. The van der Waals surface area contributed by atoms with Gasteiger partial charge in [-0.2, -0.15) is 0 Å². The maximum absolute atomic E-state index is 11.8. The molecule has 0 atom stereocenters. The average Bonchev–Trinajstić information content (AvgIpc) is 2.02. The maximum atomic E-state index is 11.8. The highest BCUT2D eigenvalue weighted by molar-refractivity contribution is 5.84. The lowest BCUT2D eigenvalue weighted by atomic mass is 9.66. The fourth-order valence-corrected chi connectivity index (χ4v) is 2.28. The van der Waals surface area contributed by atoms with Gasteiger partial charge < -0.3 is 5.32 Å². The van der Waals surface area contributed by atoms with Crippen LogP contribution >= 0.6 is 0 Å². The lowest BCUT2D eigenvalue weighted by molar-refractivity contribution is -0.132. The Morgan fingerprint density at radius 1 is 1.07 bits per heavy atom. The van der Waals surface area contributed by atoms with Crippen LogP contribution in [0.15, 0.2) is 0 Å². The molecule has 1 amide bonds. The summed E-state index contributed by atoms with van der Waals surface area (Å²) in [5.41, 5.74) is -0.439. The van der Waals surface area contributed by atoms with Crippen molar-refractivity contribution in [3.8, 4) is 0 Å². The predicted octanol–water partition coefficient (Wildman–Crippen LogP) is 2.01. The van der Waals surface area contributed by atoms with Gasteiger partial charge in [-0.25, -0.2) is 0 Å².